The van der Waals surface area contributed by atoms with Crippen LogP contribution in [0.1, 0.15) is 37.6 Å². The maximum atomic E-state index is 13.5. The first-order chi connectivity index (χ1) is 15.9. The van der Waals surface area contributed by atoms with Crippen molar-refractivity contribution in [1.82, 2.24) is 9.88 Å². The number of nitrogens with zero attached hydrogens (tertiary/aromatic N) is 2. The second-order valence-electron chi connectivity index (χ2n) is 7.37. The van der Waals surface area contributed by atoms with E-state index >= 15 is 0 Å². The Morgan fingerprint density at radius 1 is 1.12 bits per heavy atom. The Kier molecular flexibility index (Phi) is 6.85. The van der Waals surface area contributed by atoms with E-state index in [0.717, 1.165) is 21.9 Å². The molecule has 0 radical (unpaired) electrons. The Morgan fingerprint density at radius 3 is 2.45 bits per heavy atom. The van der Waals surface area contributed by atoms with Crippen LogP contribution >= 0.6 is 23.1 Å². The number of aromatic nitrogens is 1. The van der Waals surface area contributed by atoms with Crippen molar-refractivity contribution in [2.45, 2.75) is 18.9 Å². The first-order valence-corrected chi connectivity index (χ1v) is 12.3. The van der Waals surface area contributed by atoms with Crippen LogP contribution in [0.15, 0.2) is 48.7 Å². The molecule has 0 saturated heterocycles. The number of rotatable bonds is 8. The van der Waals surface area contributed by atoms with Gasteiger partial charge < -0.3 is 5.32 Å². The van der Waals surface area contributed by atoms with Gasteiger partial charge in [0.05, 0.1) is 11.1 Å². The molecule has 10 heteroatoms. The summed E-state index contributed by atoms with van der Waals surface area (Å²) in [5.74, 6) is -2.76. The third-order valence-corrected chi connectivity index (χ3v) is 6.74. The van der Waals surface area contributed by atoms with Crippen LogP contribution in [0.5, 0.6) is 0 Å². The minimum Gasteiger partial charge on any atom is -0.300 e. The molecule has 0 fully saturated rings. The van der Waals surface area contributed by atoms with Gasteiger partial charge in [-0.1, -0.05) is 18.2 Å². The predicted octanol–water partition coefficient (Wildman–Crippen LogP) is 4.37. The fourth-order valence-corrected chi connectivity index (χ4v) is 4.89. The third kappa shape index (κ3) is 4.81. The van der Waals surface area contributed by atoms with Gasteiger partial charge in [0.25, 0.3) is 11.8 Å². The van der Waals surface area contributed by atoms with Crippen LogP contribution in [-0.4, -0.2) is 45.7 Å². The molecule has 1 atom stereocenters. The van der Waals surface area contributed by atoms with Crippen molar-refractivity contribution in [3.05, 3.63) is 81.9 Å². The van der Waals surface area contributed by atoms with Gasteiger partial charge in [0.15, 0.2) is 16.8 Å². The molecule has 0 spiro atoms. The standard InChI is InChI=1S/C23H19F2N3O3S2/c1-32-9-8-19(28-21(30)15-4-2-3-5-16(15)22(28)31)20(29)27-23-26-12-14(33-23)10-13-6-7-17(24)18(25)11-13/h2-7,11-12,19H,8-10H2,1H3,(H,26,27,29)/t19-/m0/s1. The van der Waals surface area contributed by atoms with Gasteiger partial charge in [-0.05, 0) is 48.3 Å². The normalized spacial score (nSPS) is 13.8. The highest BCUT2D eigenvalue weighted by atomic mass is 32.2. The van der Waals surface area contributed by atoms with Crippen LogP contribution in [0.3, 0.4) is 0 Å². The lowest BCUT2D eigenvalue weighted by Gasteiger charge is -2.24. The summed E-state index contributed by atoms with van der Waals surface area (Å²) >= 11 is 2.69. The summed E-state index contributed by atoms with van der Waals surface area (Å²) in [6.07, 6.45) is 4.04. The molecule has 1 N–H and O–H groups in total. The van der Waals surface area contributed by atoms with Crippen LogP contribution in [0.2, 0.25) is 0 Å². The molecule has 0 saturated carbocycles. The molecule has 6 nitrogen and oxygen atoms in total. The monoisotopic (exact) mass is 487 g/mol. The molecule has 1 aromatic heterocycles. The molecule has 170 valence electrons. The number of hydrogen-bond donors (Lipinski definition) is 1. The van der Waals surface area contributed by atoms with Gasteiger partial charge in [-0.25, -0.2) is 13.8 Å². The number of hydrogen-bond acceptors (Lipinski definition) is 6. The number of amides is 3. The largest absolute Gasteiger partial charge is 0.300 e. The maximum absolute atomic E-state index is 13.5. The van der Waals surface area contributed by atoms with Crippen molar-refractivity contribution in [2.24, 2.45) is 0 Å². The minimum absolute atomic E-state index is 0.285. The highest BCUT2D eigenvalue weighted by Crippen LogP contribution is 2.28. The zero-order valence-corrected chi connectivity index (χ0v) is 19.1. The summed E-state index contributed by atoms with van der Waals surface area (Å²) in [5.41, 5.74) is 1.14. The highest BCUT2D eigenvalue weighted by Gasteiger charge is 2.42. The smallest absolute Gasteiger partial charge is 0.262 e. The second-order valence-corrected chi connectivity index (χ2v) is 9.47. The molecule has 3 amide bonds. The Hall–Kier alpha value is -3.11. The van der Waals surface area contributed by atoms with Crippen molar-refractivity contribution in [2.75, 3.05) is 17.3 Å². The van der Waals surface area contributed by atoms with Crippen molar-refractivity contribution < 1.29 is 23.2 Å². The number of imide groups is 1. The Bertz CT molecular complexity index is 1200. The first kappa shape index (κ1) is 23.1. The lowest BCUT2D eigenvalue weighted by molar-refractivity contribution is -0.120. The molecule has 2 aromatic carbocycles. The summed E-state index contributed by atoms with van der Waals surface area (Å²) in [4.78, 5) is 44.8. The fourth-order valence-electron chi connectivity index (χ4n) is 3.58. The van der Waals surface area contributed by atoms with Crippen molar-refractivity contribution in [3.8, 4) is 0 Å². The molecule has 1 aliphatic rings. The average molecular weight is 488 g/mol. The van der Waals surface area contributed by atoms with Gasteiger partial charge in [0, 0.05) is 17.5 Å². The van der Waals surface area contributed by atoms with Crippen LogP contribution in [0, 0.1) is 11.6 Å². The molecule has 4 rings (SSSR count). The molecular weight excluding hydrogens is 468 g/mol. The zero-order chi connectivity index (χ0) is 23.5. The Labute approximate surface area is 197 Å². The SMILES string of the molecule is CSCC[C@@H](C(=O)Nc1ncc(Cc2ccc(F)c(F)c2)s1)N1C(=O)c2ccccc2C1=O. The summed E-state index contributed by atoms with van der Waals surface area (Å²) in [6.45, 7) is 0. The van der Waals surface area contributed by atoms with E-state index < -0.39 is 35.4 Å². The number of halogens is 2. The van der Waals surface area contributed by atoms with Crippen LogP contribution in [0.25, 0.3) is 0 Å². The minimum atomic E-state index is -0.983. The molecule has 0 bridgehead atoms. The summed E-state index contributed by atoms with van der Waals surface area (Å²) in [7, 11) is 0. The first-order valence-electron chi connectivity index (χ1n) is 10.0. The topological polar surface area (TPSA) is 79.4 Å². The van der Waals surface area contributed by atoms with E-state index in [1.165, 1.54) is 29.2 Å². The van der Waals surface area contributed by atoms with Crippen molar-refractivity contribution in [3.63, 3.8) is 0 Å². The Balaban J connectivity index is 1.50. The molecule has 3 aromatic rings. The van der Waals surface area contributed by atoms with E-state index in [1.807, 2.05) is 6.26 Å². The zero-order valence-electron chi connectivity index (χ0n) is 17.5. The van der Waals surface area contributed by atoms with Crippen molar-refractivity contribution in [1.29, 1.82) is 0 Å². The fraction of sp³-hybridized carbons (Fsp3) is 0.217. The third-order valence-electron chi connectivity index (χ3n) is 5.18. The quantitative estimate of drug-likeness (QED) is 0.478. The molecule has 0 unspecified atom stereocenters. The lowest BCUT2D eigenvalue weighted by Crippen LogP contribution is -2.47. The Morgan fingerprint density at radius 2 is 1.82 bits per heavy atom. The van der Waals surface area contributed by atoms with Gasteiger partial charge >= 0.3 is 0 Å². The van der Waals surface area contributed by atoms with Gasteiger partial charge in [-0.3, -0.25) is 19.3 Å². The number of thioether (sulfide) groups is 1. The number of nitrogens with one attached hydrogen (secondary N) is 1. The highest BCUT2D eigenvalue weighted by molar-refractivity contribution is 7.98. The molecule has 2 heterocycles. The number of carbonyl (C=O) groups excluding carboxylic acids is 3. The van der Waals surface area contributed by atoms with Gasteiger partial charge in [-0.15, -0.1) is 11.3 Å². The average Bonchev–Trinajstić information content (AvgIpc) is 3.34. The number of anilines is 1. The van der Waals surface area contributed by atoms with Gasteiger partial charge in [-0.2, -0.15) is 11.8 Å². The van der Waals surface area contributed by atoms with Gasteiger partial charge in [0.2, 0.25) is 5.91 Å². The summed E-state index contributed by atoms with van der Waals surface area (Å²) in [6, 6.07) is 9.18. The van der Waals surface area contributed by atoms with E-state index in [0.29, 0.717) is 29.3 Å². The van der Waals surface area contributed by atoms with E-state index in [2.05, 4.69) is 10.3 Å². The van der Waals surface area contributed by atoms with Crippen molar-refractivity contribution >= 4 is 46.0 Å². The molecule has 1 aliphatic heterocycles. The van der Waals surface area contributed by atoms with E-state index in [9.17, 15) is 23.2 Å². The van der Waals surface area contributed by atoms with Gasteiger partial charge in [0.1, 0.15) is 6.04 Å². The second kappa shape index (κ2) is 9.80. The number of carbonyl (C=O) groups is 3. The number of fused-ring (bicyclic) bond motifs is 1. The summed E-state index contributed by atoms with van der Waals surface area (Å²) in [5, 5.41) is 3.00. The van der Waals surface area contributed by atoms with Crippen LogP contribution in [-0.2, 0) is 11.2 Å². The molecule has 33 heavy (non-hydrogen) atoms. The van der Waals surface area contributed by atoms with Crippen LogP contribution < -0.4 is 5.32 Å². The van der Waals surface area contributed by atoms with E-state index in [4.69, 9.17) is 0 Å². The van der Waals surface area contributed by atoms with E-state index in [1.54, 1.807) is 30.5 Å². The van der Waals surface area contributed by atoms with Crippen LogP contribution in [0.4, 0.5) is 13.9 Å². The molecular formula is C23H19F2N3O3S2. The predicted molar refractivity (Wildman–Crippen MR) is 124 cm³/mol. The lowest BCUT2D eigenvalue weighted by atomic mass is 10.1. The maximum Gasteiger partial charge on any atom is 0.262 e. The van der Waals surface area contributed by atoms with E-state index in [-0.39, 0.29) is 11.1 Å². The number of benzene rings is 2. The number of thiazole rings is 1. The molecule has 0 aliphatic carbocycles. The summed E-state index contributed by atoms with van der Waals surface area (Å²) < 4.78 is 26.6.